The number of halogens is 1. The van der Waals surface area contributed by atoms with E-state index in [9.17, 15) is 0 Å². The maximum absolute atomic E-state index is 6.11. The molecule has 0 amide bonds. The first kappa shape index (κ1) is 11.8. The SMILES string of the molecule is C=C(c1ccccc1C)c1nc(C)ncc1Cl. The lowest BCUT2D eigenvalue weighted by Crippen LogP contribution is -1.97. The van der Waals surface area contributed by atoms with E-state index < -0.39 is 0 Å². The van der Waals surface area contributed by atoms with Gasteiger partial charge >= 0.3 is 0 Å². The molecule has 3 heteroatoms. The first-order valence-corrected chi connectivity index (χ1v) is 5.72. The summed E-state index contributed by atoms with van der Waals surface area (Å²) in [5.41, 5.74) is 3.75. The van der Waals surface area contributed by atoms with Crippen molar-refractivity contribution in [2.75, 3.05) is 0 Å². The van der Waals surface area contributed by atoms with Gasteiger partial charge in [0.05, 0.1) is 10.7 Å². The summed E-state index contributed by atoms with van der Waals surface area (Å²) in [6.07, 6.45) is 1.61. The minimum atomic E-state index is 0.531. The number of benzene rings is 1. The highest BCUT2D eigenvalue weighted by Crippen LogP contribution is 2.27. The molecule has 0 atom stereocenters. The molecule has 0 saturated heterocycles. The van der Waals surface area contributed by atoms with Crippen LogP contribution in [0.3, 0.4) is 0 Å². The van der Waals surface area contributed by atoms with E-state index in [2.05, 4.69) is 16.5 Å². The van der Waals surface area contributed by atoms with Crippen LogP contribution in [0.15, 0.2) is 37.0 Å². The summed E-state index contributed by atoms with van der Waals surface area (Å²) in [7, 11) is 0. The molecular weight excluding hydrogens is 232 g/mol. The number of aryl methyl sites for hydroxylation is 2. The summed E-state index contributed by atoms with van der Waals surface area (Å²) in [4.78, 5) is 8.40. The van der Waals surface area contributed by atoms with Crippen LogP contribution in [-0.2, 0) is 0 Å². The van der Waals surface area contributed by atoms with Crippen molar-refractivity contribution < 1.29 is 0 Å². The fourth-order valence-electron chi connectivity index (χ4n) is 1.71. The second kappa shape index (κ2) is 4.68. The van der Waals surface area contributed by atoms with E-state index in [1.807, 2.05) is 38.1 Å². The molecule has 17 heavy (non-hydrogen) atoms. The van der Waals surface area contributed by atoms with Crippen LogP contribution in [0.5, 0.6) is 0 Å². The second-order valence-corrected chi connectivity index (χ2v) is 4.31. The van der Waals surface area contributed by atoms with E-state index in [4.69, 9.17) is 11.6 Å². The van der Waals surface area contributed by atoms with Crippen molar-refractivity contribution >= 4 is 17.2 Å². The van der Waals surface area contributed by atoms with Crippen molar-refractivity contribution in [2.24, 2.45) is 0 Å². The molecule has 1 heterocycles. The van der Waals surface area contributed by atoms with Gasteiger partial charge in [-0.3, -0.25) is 0 Å². The standard InChI is InChI=1S/C14H13ClN2/c1-9-6-4-5-7-12(9)10(2)14-13(15)8-16-11(3)17-14/h4-8H,2H2,1,3H3. The van der Waals surface area contributed by atoms with E-state index in [0.29, 0.717) is 16.5 Å². The lowest BCUT2D eigenvalue weighted by Gasteiger charge is -2.10. The highest BCUT2D eigenvalue weighted by Gasteiger charge is 2.11. The molecule has 0 aliphatic rings. The Balaban J connectivity index is 2.51. The van der Waals surface area contributed by atoms with Crippen LogP contribution >= 0.6 is 11.6 Å². The van der Waals surface area contributed by atoms with Gasteiger partial charge in [0.1, 0.15) is 5.82 Å². The number of hydrogen-bond acceptors (Lipinski definition) is 2. The first-order valence-electron chi connectivity index (χ1n) is 5.34. The van der Waals surface area contributed by atoms with Crippen molar-refractivity contribution in [1.82, 2.24) is 9.97 Å². The molecule has 0 unspecified atom stereocenters. The zero-order valence-corrected chi connectivity index (χ0v) is 10.6. The molecule has 1 aromatic heterocycles. The number of aromatic nitrogens is 2. The largest absolute Gasteiger partial charge is 0.240 e. The molecule has 2 rings (SSSR count). The van der Waals surface area contributed by atoms with Crippen molar-refractivity contribution in [3.8, 4) is 0 Å². The molecule has 0 N–H and O–H groups in total. The Morgan fingerprint density at radius 2 is 1.94 bits per heavy atom. The average molecular weight is 245 g/mol. The topological polar surface area (TPSA) is 25.8 Å². The summed E-state index contributed by atoms with van der Waals surface area (Å²) in [6, 6.07) is 8.04. The molecule has 0 radical (unpaired) electrons. The number of nitrogens with zero attached hydrogens (tertiary/aromatic N) is 2. The van der Waals surface area contributed by atoms with Crippen LogP contribution in [0.25, 0.3) is 5.57 Å². The Kier molecular flexibility index (Phi) is 3.25. The third kappa shape index (κ3) is 2.37. The number of rotatable bonds is 2. The lowest BCUT2D eigenvalue weighted by atomic mass is 9.99. The van der Waals surface area contributed by atoms with Crippen LogP contribution in [0.4, 0.5) is 0 Å². The maximum atomic E-state index is 6.11. The molecule has 0 aliphatic carbocycles. The molecule has 0 spiro atoms. The zero-order chi connectivity index (χ0) is 12.4. The summed E-state index contributed by atoms with van der Waals surface area (Å²) in [5.74, 6) is 0.694. The molecule has 1 aromatic carbocycles. The van der Waals surface area contributed by atoms with E-state index in [0.717, 1.165) is 16.7 Å². The normalized spacial score (nSPS) is 10.3. The van der Waals surface area contributed by atoms with Gasteiger partial charge in [-0.2, -0.15) is 0 Å². The predicted molar refractivity (Wildman–Crippen MR) is 71.1 cm³/mol. The summed E-state index contributed by atoms with van der Waals surface area (Å²) in [5, 5.41) is 0.531. The lowest BCUT2D eigenvalue weighted by molar-refractivity contribution is 1.04. The Morgan fingerprint density at radius 3 is 2.65 bits per heavy atom. The summed E-state index contributed by atoms with van der Waals surface area (Å²) >= 11 is 6.11. The highest BCUT2D eigenvalue weighted by atomic mass is 35.5. The molecule has 0 saturated carbocycles. The van der Waals surface area contributed by atoms with Crippen molar-refractivity contribution in [3.05, 3.63) is 64.7 Å². The fourth-order valence-corrected chi connectivity index (χ4v) is 1.91. The minimum absolute atomic E-state index is 0.531. The first-order chi connectivity index (χ1) is 8.09. The Morgan fingerprint density at radius 1 is 1.24 bits per heavy atom. The van der Waals surface area contributed by atoms with Gasteiger partial charge in [-0.05, 0) is 25.0 Å². The smallest absolute Gasteiger partial charge is 0.125 e. The predicted octanol–water partition coefficient (Wildman–Crippen LogP) is 3.81. The van der Waals surface area contributed by atoms with Gasteiger partial charge in [-0.15, -0.1) is 0 Å². The molecule has 2 nitrogen and oxygen atoms in total. The average Bonchev–Trinajstić information content (AvgIpc) is 2.32. The van der Waals surface area contributed by atoms with Crippen LogP contribution in [0.2, 0.25) is 5.02 Å². The zero-order valence-electron chi connectivity index (χ0n) is 9.87. The van der Waals surface area contributed by atoms with Crippen LogP contribution in [-0.4, -0.2) is 9.97 Å². The van der Waals surface area contributed by atoms with Gasteiger partial charge < -0.3 is 0 Å². The monoisotopic (exact) mass is 244 g/mol. The van der Waals surface area contributed by atoms with E-state index in [1.165, 1.54) is 0 Å². The van der Waals surface area contributed by atoms with E-state index in [1.54, 1.807) is 6.20 Å². The molecule has 2 aromatic rings. The van der Waals surface area contributed by atoms with Crippen LogP contribution < -0.4 is 0 Å². The van der Waals surface area contributed by atoms with Gasteiger partial charge in [-0.1, -0.05) is 42.4 Å². The summed E-state index contributed by atoms with van der Waals surface area (Å²) < 4.78 is 0. The second-order valence-electron chi connectivity index (χ2n) is 3.91. The van der Waals surface area contributed by atoms with Crippen molar-refractivity contribution in [3.63, 3.8) is 0 Å². The fraction of sp³-hybridized carbons (Fsp3) is 0.143. The Labute approximate surface area is 106 Å². The quantitative estimate of drug-likeness (QED) is 0.803. The summed E-state index contributed by atoms with van der Waals surface area (Å²) in [6.45, 7) is 7.97. The Bertz CT molecular complexity index is 576. The number of hydrogen-bond donors (Lipinski definition) is 0. The molecule has 0 bridgehead atoms. The molecule has 86 valence electrons. The molecular formula is C14H13ClN2. The van der Waals surface area contributed by atoms with Crippen LogP contribution in [0, 0.1) is 13.8 Å². The van der Waals surface area contributed by atoms with Gasteiger partial charge in [0.2, 0.25) is 0 Å². The van der Waals surface area contributed by atoms with Crippen molar-refractivity contribution in [2.45, 2.75) is 13.8 Å². The van der Waals surface area contributed by atoms with Gasteiger partial charge in [-0.25, -0.2) is 9.97 Å². The van der Waals surface area contributed by atoms with Crippen molar-refractivity contribution in [1.29, 1.82) is 0 Å². The van der Waals surface area contributed by atoms with Crippen LogP contribution in [0.1, 0.15) is 22.6 Å². The maximum Gasteiger partial charge on any atom is 0.125 e. The van der Waals surface area contributed by atoms with Gasteiger partial charge in [0.15, 0.2) is 0 Å². The van der Waals surface area contributed by atoms with E-state index in [-0.39, 0.29) is 0 Å². The third-order valence-electron chi connectivity index (χ3n) is 2.62. The van der Waals surface area contributed by atoms with Gasteiger partial charge in [0, 0.05) is 11.8 Å². The van der Waals surface area contributed by atoms with Gasteiger partial charge in [0.25, 0.3) is 0 Å². The third-order valence-corrected chi connectivity index (χ3v) is 2.90. The highest BCUT2D eigenvalue weighted by molar-refractivity contribution is 6.32. The molecule has 0 aliphatic heterocycles. The Hall–Kier alpha value is -1.67. The van der Waals surface area contributed by atoms with E-state index >= 15 is 0 Å². The molecule has 0 fully saturated rings. The minimum Gasteiger partial charge on any atom is -0.240 e.